The number of H-pyrrole nitrogens is 1. The van der Waals surface area contributed by atoms with E-state index in [1.54, 1.807) is 11.3 Å². The van der Waals surface area contributed by atoms with Crippen molar-refractivity contribution < 1.29 is 4.79 Å². The van der Waals surface area contributed by atoms with E-state index in [2.05, 4.69) is 16.0 Å². The lowest BCUT2D eigenvalue weighted by atomic mass is 10.1. The van der Waals surface area contributed by atoms with Gasteiger partial charge in [0.05, 0.1) is 12.5 Å². The van der Waals surface area contributed by atoms with Crippen molar-refractivity contribution in [2.24, 2.45) is 0 Å². The van der Waals surface area contributed by atoms with Crippen molar-refractivity contribution in [2.45, 2.75) is 25.3 Å². The van der Waals surface area contributed by atoms with Gasteiger partial charge in [-0.1, -0.05) is 18.2 Å². The highest BCUT2D eigenvalue weighted by molar-refractivity contribution is 7.09. The molecule has 2 aromatic heterocycles. The number of amides is 1. The van der Waals surface area contributed by atoms with Crippen LogP contribution in [0, 0.1) is 0 Å². The van der Waals surface area contributed by atoms with E-state index in [1.807, 2.05) is 40.9 Å². The van der Waals surface area contributed by atoms with Gasteiger partial charge in [-0.3, -0.25) is 4.79 Å². The molecule has 1 aliphatic heterocycles. The van der Waals surface area contributed by atoms with Crippen LogP contribution in [0.5, 0.6) is 0 Å². The molecule has 1 amide bonds. The lowest BCUT2D eigenvalue weighted by molar-refractivity contribution is -0.131. The zero-order valence-corrected chi connectivity index (χ0v) is 13.0. The van der Waals surface area contributed by atoms with Gasteiger partial charge in [-0.15, -0.1) is 11.3 Å². The van der Waals surface area contributed by atoms with Crippen LogP contribution in [0.25, 0.3) is 10.9 Å². The van der Waals surface area contributed by atoms with Crippen LogP contribution < -0.4 is 0 Å². The number of fused-ring (bicyclic) bond motifs is 1. The van der Waals surface area contributed by atoms with Crippen molar-refractivity contribution in [3.05, 3.63) is 52.6 Å². The van der Waals surface area contributed by atoms with Crippen LogP contribution in [0.2, 0.25) is 0 Å². The van der Waals surface area contributed by atoms with E-state index in [-0.39, 0.29) is 11.9 Å². The minimum absolute atomic E-state index is 0.165. The Balaban J connectivity index is 1.57. The molecule has 3 heterocycles. The molecule has 4 nitrogen and oxygen atoms in total. The molecule has 0 spiro atoms. The largest absolute Gasteiger partial charge is 0.361 e. The van der Waals surface area contributed by atoms with Crippen LogP contribution in [0.15, 0.2) is 42.0 Å². The zero-order valence-electron chi connectivity index (χ0n) is 12.2. The number of rotatable bonds is 3. The molecule has 22 heavy (non-hydrogen) atoms. The molecule has 0 bridgehead atoms. The number of carbonyl (C=O) groups excluding carboxylic acids is 1. The predicted octanol–water partition coefficient (Wildman–Crippen LogP) is 3.53. The van der Waals surface area contributed by atoms with Gasteiger partial charge >= 0.3 is 0 Å². The van der Waals surface area contributed by atoms with Crippen molar-refractivity contribution in [1.29, 1.82) is 0 Å². The van der Waals surface area contributed by atoms with Crippen LogP contribution in [0.1, 0.15) is 29.5 Å². The summed E-state index contributed by atoms with van der Waals surface area (Å²) in [6.45, 7) is 0.839. The van der Waals surface area contributed by atoms with E-state index in [9.17, 15) is 4.79 Å². The second-order valence-electron chi connectivity index (χ2n) is 5.65. The van der Waals surface area contributed by atoms with Gasteiger partial charge < -0.3 is 9.88 Å². The summed E-state index contributed by atoms with van der Waals surface area (Å²) in [6.07, 6.45) is 6.31. The summed E-state index contributed by atoms with van der Waals surface area (Å²) < 4.78 is 0. The fourth-order valence-corrected chi connectivity index (χ4v) is 4.05. The molecule has 1 atom stereocenters. The number of nitrogens with one attached hydrogen (secondary N) is 1. The summed E-state index contributed by atoms with van der Waals surface area (Å²) >= 11 is 1.64. The van der Waals surface area contributed by atoms with E-state index >= 15 is 0 Å². The third-order valence-electron chi connectivity index (χ3n) is 4.33. The molecule has 1 aromatic carbocycles. The number of para-hydroxylation sites is 1. The van der Waals surface area contributed by atoms with Gasteiger partial charge in [0.1, 0.15) is 5.01 Å². The molecule has 3 aromatic rings. The molecular weight excluding hydrogens is 294 g/mol. The van der Waals surface area contributed by atoms with Crippen LogP contribution in [0.4, 0.5) is 0 Å². The highest BCUT2D eigenvalue weighted by atomic mass is 32.1. The van der Waals surface area contributed by atoms with Gasteiger partial charge in [-0.2, -0.15) is 0 Å². The molecule has 1 N–H and O–H groups in total. The summed E-state index contributed by atoms with van der Waals surface area (Å²) in [4.78, 5) is 22.4. The second-order valence-corrected chi connectivity index (χ2v) is 6.58. The monoisotopic (exact) mass is 311 g/mol. The van der Waals surface area contributed by atoms with Crippen LogP contribution in [0.3, 0.4) is 0 Å². The smallest absolute Gasteiger partial charge is 0.227 e. The number of thiazole rings is 1. The van der Waals surface area contributed by atoms with Gasteiger partial charge in [0.15, 0.2) is 0 Å². The molecular formula is C17H17N3OS. The summed E-state index contributed by atoms with van der Waals surface area (Å²) in [6, 6.07) is 8.29. The van der Waals surface area contributed by atoms with E-state index in [1.165, 1.54) is 0 Å². The van der Waals surface area contributed by atoms with Crippen LogP contribution >= 0.6 is 11.3 Å². The van der Waals surface area contributed by atoms with Crippen molar-refractivity contribution in [3.63, 3.8) is 0 Å². The predicted molar refractivity (Wildman–Crippen MR) is 87.8 cm³/mol. The lowest BCUT2D eigenvalue weighted by Crippen LogP contribution is -2.31. The minimum atomic E-state index is 0.165. The van der Waals surface area contributed by atoms with Crippen molar-refractivity contribution in [3.8, 4) is 0 Å². The van der Waals surface area contributed by atoms with E-state index in [4.69, 9.17) is 0 Å². The van der Waals surface area contributed by atoms with Crippen LogP contribution in [-0.4, -0.2) is 27.3 Å². The van der Waals surface area contributed by atoms with Crippen molar-refractivity contribution >= 4 is 28.1 Å². The zero-order chi connectivity index (χ0) is 14.9. The summed E-state index contributed by atoms with van der Waals surface area (Å²) in [5.41, 5.74) is 2.16. The molecule has 0 aliphatic carbocycles. The molecule has 1 aliphatic rings. The quantitative estimate of drug-likeness (QED) is 0.804. The first-order valence-corrected chi connectivity index (χ1v) is 8.45. The van der Waals surface area contributed by atoms with Gasteiger partial charge in [0.2, 0.25) is 5.91 Å². The number of nitrogens with zero attached hydrogens (tertiary/aromatic N) is 2. The fraction of sp³-hybridized carbons (Fsp3) is 0.294. The number of aromatic nitrogens is 2. The maximum absolute atomic E-state index is 12.8. The Kier molecular flexibility index (Phi) is 3.42. The average Bonchev–Trinajstić information content (AvgIpc) is 3.27. The van der Waals surface area contributed by atoms with E-state index < -0.39 is 0 Å². The molecule has 1 unspecified atom stereocenters. The van der Waals surface area contributed by atoms with Crippen molar-refractivity contribution in [1.82, 2.24) is 14.9 Å². The Morgan fingerprint density at radius 2 is 2.32 bits per heavy atom. The standard InChI is InChI=1S/C17H17N3OS/c21-16(10-12-11-19-14-5-2-1-4-13(12)14)20-8-3-6-15(20)17-18-7-9-22-17/h1-2,4-5,7,9,11,15,19H,3,6,8,10H2. The SMILES string of the molecule is O=C(Cc1c[nH]c2ccccc12)N1CCCC1c1nccs1. The van der Waals surface area contributed by atoms with Gasteiger partial charge in [0.25, 0.3) is 0 Å². The Labute approximate surface area is 132 Å². The maximum Gasteiger partial charge on any atom is 0.227 e. The number of likely N-dealkylation sites (tertiary alicyclic amines) is 1. The first kappa shape index (κ1) is 13.5. The highest BCUT2D eigenvalue weighted by Gasteiger charge is 2.31. The van der Waals surface area contributed by atoms with Gasteiger partial charge in [-0.05, 0) is 24.5 Å². The fourth-order valence-electron chi connectivity index (χ4n) is 3.26. The summed E-state index contributed by atoms with van der Waals surface area (Å²) in [7, 11) is 0. The Bertz CT molecular complexity index is 793. The van der Waals surface area contributed by atoms with Gasteiger partial charge in [-0.25, -0.2) is 4.98 Å². The molecule has 5 heteroatoms. The molecule has 1 saturated heterocycles. The summed E-state index contributed by atoms with van der Waals surface area (Å²) in [5.74, 6) is 0.197. The van der Waals surface area contributed by atoms with E-state index in [0.717, 1.165) is 40.9 Å². The first-order valence-electron chi connectivity index (χ1n) is 7.57. The number of benzene rings is 1. The lowest BCUT2D eigenvalue weighted by Gasteiger charge is -2.23. The average molecular weight is 311 g/mol. The normalized spacial score (nSPS) is 18.2. The molecule has 0 radical (unpaired) electrons. The molecule has 4 rings (SSSR count). The van der Waals surface area contributed by atoms with Gasteiger partial charge in [0, 0.05) is 35.2 Å². The molecule has 0 saturated carbocycles. The Morgan fingerprint density at radius 1 is 1.41 bits per heavy atom. The van der Waals surface area contributed by atoms with Crippen LogP contribution in [-0.2, 0) is 11.2 Å². The highest BCUT2D eigenvalue weighted by Crippen LogP contribution is 2.33. The third kappa shape index (κ3) is 2.31. The van der Waals surface area contributed by atoms with E-state index in [0.29, 0.717) is 6.42 Å². The first-order chi connectivity index (χ1) is 10.8. The second kappa shape index (κ2) is 5.57. The maximum atomic E-state index is 12.8. The number of hydrogen-bond donors (Lipinski definition) is 1. The Hall–Kier alpha value is -2.14. The number of hydrogen-bond acceptors (Lipinski definition) is 3. The Morgan fingerprint density at radius 3 is 3.18 bits per heavy atom. The third-order valence-corrected chi connectivity index (χ3v) is 5.20. The number of carbonyl (C=O) groups is 1. The summed E-state index contributed by atoms with van der Waals surface area (Å²) in [5, 5.41) is 4.18. The molecule has 1 fully saturated rings. The van der Waals surface area contributed by atoms with Crippen molar-refractivity contribution in [2.75, 3.05) is 6.54 Å². The topological polar surface area (TPSA) is 49.0 Å². The minimum Gasteiger partial charge on any atom is -0.361 e. The molecule has 112 valence electrons. The number of aromatic amines is 1.